The molecule has 2 heteroatoms. The second-order valence-electron chi connectivity index (χ2n) is 5.26. The largest absolute Gasteiger partial charge is 0.393 e. The molecule has 4 aliphatic rings. The Morgan fingerprint density at radius 2 is 1.08 bits per heavy atom. The van der Waals surface area contributed by atoms with Crippen molar-refractivity contribution in [2.45, 2.75) is 25.0 Å². The van der Waals surface area contributed by atoms with Crippen molar-refractivity contribution in [2.75, 3.05) is 0 Å². The molecule has 0 saturated heterocycles. The molecule has 0 heterocycles. The third-order valence-electron chi connectivity index (χ3n) is 5.29. The van der Waals surface area contributed by atoms with Gasteiger partial charge in [0.25, 0.3) is 0 Å². The molecule has 0 spiro atoms. The quantitative estimate of drug-likeness (QED) is 0.541. The minimum absolute atomic E-state index is 0.0489. The first-order chi connectivity index (χ1) is 5.79. The molecule has 2 nitrogen and oxygen atoms in total. The maximum atomic E-state index is 9.91. The van der Waals surface area contributed by atoms with Crippen molar-refractivity contribution in [3.63, 3.8) is 0 Å². The fourth-order valence-electron chi connectivity index (χ4n) is 5.10. The van der Waals surface area contributed by atoms with E-state index >= 15 is 0 Å². The lowest BCUT2D eigenvalue weighted by Crippen LogP contribution is -2.27. The maximum Gasteiger partial charge on any atom is 0.0605 e. The highest BCUT2D eigenvalue weighted by atomic mass is 16.3. The normalized spacial score (nSPS) is 76.5. The van der Waals surface area contributed by atoms with Crippen LogP contribution in [0.1, 0.15) is 12.8 Å². The fraction of sp³-hybridized carbons (Fsp3) is 1.00. The van der Waals surface area contributed by atoms with Crippen molar-refractivity contribution < 1.29 is 10.2 Å². The van der Waals surface area contributed by atoms with Gasteiger partial charge in [-0.15, -0.1) is 0 Å². The van der Waals surface area contributed by atoms with Gasteiger partial charge in [0.05, 0.1) is 12.2 Å². The second kappa shape index (κ2) is 1.60. The average molecular weight is 166 g/mol. The summed E-state index contributed by atoms with van der Waals surface area (Å²) in [6.45, 7) is 0. The monoisotopic (exact) mass is 166 g/mol. The van der Waals surface area contributed by atoms with Crippen LogP contribution in [0.5, 0.6) is 0 Å². The van der Waals surface area contributed by atoms with Crippen molar-refractivity contribution in [1.82, 2.24) is 0 Å². The molecule has 2 N–H and O–H groups in total. The van der Waals surface area contributed by atoms with Crippen LogP contribution in [0.15, 0.2) is 0 Å². The number of rotatable bonds is 0. The first-order valence-corrected chi connectivity index (χ1v) is 5.15. The number of aliphatic hydroxyl groups excluding tert-OH is 2. The molecular formula is C10H14O2. The zero-order valence-corrected chi connectivity index (χ0v) is 6.93. The SMILES string of the molecule is O[C@@H]1[C@H]2C[C@@H]3[C@H]4C[C@H]2[C@H]([C@H]4O)[C@H]13. The Hall–Kier alpha value is -0.0800. The van der Waals surface area contributed by atoms with Gasteiger partial charge >= 0.3 is 0 Å². The standard InChI is InChI=1S/C10H14O2/c11-9-5-1-3-6-2-4(5)8(7(3)9)10(6)12/h3-12H,1-2H2/t3-,4-,5-,6+,7+,8-,9+,10-/m1/s1. The first-order valence-electron chi connectivity index (χ1n) is 5.15. The van der Waals surface area contributed by atoms with Gasteiger partial charge in [0.1, 0.15) is 0 Å². The molecule has 0 unspecified atom stereocenters. The number of hydrogen-bond acceptors (Lipinski definition) is 2. The van der Waals surface area contributed by atoms with E-state index in [0.717, 1.165) is 0 Å². The molecule has 4 bridgehead atoms. The van der Waals surface area contributed by atoms with Crippen LogP contribution in [-0.2, 0) is 0 Å². The summed E-state index contributed by atoms with van der Waals surface area (Å²) in [5.41, 5.74) is 0. The topological polar surface area (TPSA) is 40.5 Å². The molecule has 4 saturated carbocycles. The molecule has 0 aromatic rings. The highest BCUT2D eigenvalue weighted by Gasteiger charge is 2.72. The number of aliphatic hydroxyl groups is 2. The summed E-state index contributed by atoms with van der Waals surface area (Å²) in [5.74, 6) is 3.50. The van der Waals surface area contributed by atoms with E-state index in [2.05, 4.69) is 0 Å². The van der Waals surface area contributed by atoms with E-state index < -0.39 is 0 Å². The second-order valence-corrected chi connectivity index (χ2v) is 5.26. The van der Waals surface area contributed by atoms with Gasteiger partial charge in [-0.3, -0.25) is 0 Å². The first kappa shape index (κ1) is 6.39. The molecule has 4 aliphatic carbocycles. The minimum Gasteiger partial charge on any atom is -0.393 e. The summed E-state index contributed by atoms with van der Waals surface area (Å²) in [6.07, 6.45) is 2.34. The van der Waals surface area contributed by atoms with Crippen molar-refractivity contribution in [1.29, 1.82) is 0 Å². The molecule has 0 aliphatic heterocycles. The van der Waals surface area contributed by atoms with Crippen LogP contribution < -0.4 is 0 Å². The lowest BCUT2D eigenvalue weighted by atomic mass is 9.71. The van der Waals surface area contributed by atoms with Crippen LogP contribution in [0.25, 0.3) is 0 Å². The minimum atomic E-state index is -0.0489. The summed E-state index contributed by atoms with van der Waals surface area (Å²) in [6, 6.07) is 0. The lowest BCUT2D eigenvalue weighted by molar-refractivity contribution is 0.0944. The lowest BCUT2D eigenvalue weighted by Gasteiger charge is -2.33. The molecule has 0 radical (unpaired) electrons. The third kappa shape index (κ3) is 0.409. The van der Waals surface area contributed by atoms with Crippen LogP contribution in [0.4, 0.5) is 0 Å². The van der Waals surface area contributed by atoms with Crippen LogP contribution in [0.2, 0.25) is 0 Å². The predicted molar refractivity (Wildman–Crippen MR) is 42.2 cm³/mol. The summed E-state index contributed by atoms with van der Waals surface area (Å²) in [4.78, 5) is 0. The van der Waals surface area contributed by atoms with Crippen LogP contribution in [0, 0.1) is 35.5 Å². The Kier molecular flexibility index (Phi) is 0.851. The highest BCUT2D eigenvalue weighted by molar-refractivity contribution is 5.20. The van der Waals surface area contributed by atoms with Crippen LogP contribution in [0.3, 0.4) is 0 Å². The van der Waals surface area contributed by atoms with Gasteiger partial charge in [0.15, 0.2) is 0 Å². The summed E-state index contributed by atoms with van der Waals surface area (Å²) < 4.78 is 0. The van der Waals surface area contributed by atoms with Crippen molar-refractivity contribution in [2.24, 2.45) is 35.5 Å². The van der Waals surface area contributed by atoms with Gasteiger partial charge in [-0.2, -0.15) is 0 Å². The van der Waals surface area contributed by atoms with Gasteiger partial charge in [0.2, 0.25) is 0 Å². The zero-order valence-electron chi connectivity index (χ0n) is 6.93. The Balaban J connectivity index is 1.92. The maximum absolute atomic E-state index is 9.91. The Morgan fingerprint density at radius 3 is 1.42 bits per heavy atom. The average Bonchev–Trinajstić information content (AvgIpc) is 2.68. The zero-order chi connectivity index (χ0) is 8.03. The third-order valence-corrected chi connectivity index (χ3v) is 5.29. The van der Waals surface area contributed by atoms with Crippen LogP contribution in [-0.4, -0.2) is 22.4 Å². The van der Waals surface area contributed by atoms with Crippen molar-refractivity contribution in [3.05, 3.63) is 0 Å². The fourth-order valence-corrected chi connectivity index (χ4v) is 5.10. The Morgan fingerprint density at radius 1 is 0.667 bits per heavy atom. The van der Waals surface area contributed by atoms with E-state index in [9.17, 15) is 10.2 Å². The van der Waals surface area contributed by atoms with Crippen molar-refractivity contribution in [3.8, 4) is 0 Å². The van der Waals surface area contributed by atoms with E-state index in [1.807, 2.05) is 0 Å². The predicted octanol–water partition coefficient (Wildman–Crippen LogP) is 0.240. The summed E-state index contributed by atoms with van der Waals surface area (Å²) in [7, 11) is 0. The van der Waals surface area contributed by atoms with Gasteiger partial charge in [0, 0.05) is 0 Å². The number of hydrogen-bond donors (Lipinski definition) is 2. The highest BCUT2D eigenvalue weighted by Crippen LogP contribution is 2.72. The van der Waals surface area contributed by atoms with E-state index in [4.69, 9.17) is 0 Å². The molecule has 0 aromatic carbocycles. The van der Waals surface area contributed by atoms with Gasteiger partial charge < -0.3 is 10.2 Å². The molecule has 0 amide bonds. The Bertz CT molecular complexity index is 226. The van der Waals surface area contributed by atoms with E-state index in [-0.39, 0.29) is 12.2 Å². The molecule has 0 aromatic heterocycles. The van der Waals surface area contributed by atoms with Gasteiger partial charge in [-0.1, -0.05) is 0 Å². The molecule has 4 fully saturated rings. The summed E-state index contributed by atoms with van der Waals surface area (Å²) in [5, 5.41) is 19.8. The summed E-state index contributed by atoms with van der Waals surface area (Å²) >= 11 is 0. The van der Waals surface area contributed by atoms with E-state index in [1.165, 1.54) is 12.8 Å². The molecule has 66 valence electrons. The smallest absolute Gasteiger partial charge is 0.0605 e. The van der Waals surface area contributed by atoms with Gasteiger partial charge in [-0.25, -0.2) is 0 Å². The van der Waals surface area contributed by atoms with E-state index in [0.29, 0.717) is 35.5 Å². The molecule has 8 atom stereocenters. The molecule has 4 rings (SSSR count). The molecule has 12 heavy (non-hydrogen) atoms. The van der Waals surface area contributed by atoms with Crippen LogP contribution >= 0.6 is 0 Å². The molecular weight excluding hydrogens is 152 g/mol. The Labute approximate surface area is 71.6 Å². The van der Waals surface area contributed by atoms with Crippen molar-refractivity contribution >= 4 is 0 Å². The van der Waals surface area contributed by atoms with Gasteiger partial charge in [-0.05, 0) is 48.3 Å². The number of fused-ring (bicyclic) bond motifs is 4. The van der Waals surface area contributed by atoms with E-state index in [1.54, 1.807) is 0 Å².